The second-order valence-corrected chi connectivity index (χ2v) is 6.20. The molecule has 6 nitrogen and oxygen atoms in total. The predicted molar refractivity (Wildman–Crippen MR) is 87.8 cm³/mol. The summed E-state index contributed by atoms with van der Waals surface area (Å²) in [4.78, 5) is 9.90. The lowest BCUT2D eigenvalue weighted by Gasteiger charge is -2.12. The number of aromatic nitrogens is 2. The van der Waals surface area contributed by atoms with Gasteiger partial charge in [0.15, 0.2) is 10.5 Å². The molecule has 1 atom stereocenters. The van der Waals surface area contributed by atoms with E-state index in [1.807, 2.05) is 31.2 Å². The molecule has 2 heterocycles. The Balaban J connectivity index is 2.04. The number of aryl methyl sites for hydroxylation is 1. The Morgan fingerprint density at radius 1 is 1.27 bits per heavy atom. The first-order valence-corrected chi connectivity index (χ1v) is 7.76. The van der Waals surface area contributed by atoms with Crippen LogP contribution >= 0.6 is 0 Å². The minimum atomic E-state index is -1.37. The molecule has 1 unspecified atom stereocenters. The van der Waals surface area contributed by atoms with Crippen LogP contribution in [0.1, 0.15) is 5.56 Å². The Hall–Kier alpha value is -2.22. The van der Waals surface area contributed by atoms with Gasteiger partial charge in [0.1, 0.15) is 17.0 Å². The fourth-order valence-electron chi connectivity index (χ4n) is 2.18. The van der Waals surface area contributed by atoms with Gasteiger partial charge in [-0.3, -0.25) is 10.3 Å². The number of nitrogens with one attached hydrogen (secondary N) is 1. The van der Waals surface area contributed by atoms with E-state index in [2.05, 4.69) is 10.5 Å². The maximum atomic E-state index is 12.7. The minimum Gasteiger partial charge on any atom is -0.587 e. The van der Waals surface area contributed by atoms with Crippen molar-refractivity contribution in [2.75, 3.05) is 18.3 Å². The number of fused-ring (bicyclic) bond motifs is 1. The fourth-order valence-corrected chi connectivity index (χ4v) is 3.25. The molecule has 0 aliphatic rings. The summed E-state index contributed by atoms with van der Waals surface area (Å²) in [6.45, 7) is 1.99. The second-order valence-electron chi connectivity index (χ2n) is 4.83. The van der Waals surface area contributed by atoms with Crippen LogP contribution in [0.2, 0.25) is 0 Å². The average Bonchev–Trinajstić information content (AvgIpc) is 2.95. The maximum absolute atomic E-state index is 12.7. The monoisotopic (exact) mass is 316 g/mol. The van der Waals surface area contributed by atoms with Gasteiger partial charge in [-0.1, -0.05) is 17.7 Å². The first-order valence-electron chi connectivity index (χ1n) is 6.65. The number of nitrogens with zero attached hydrogens (tertiary/aromatic N) is 2. The van der Waals surface area contributed by atoms with E-state index in [1.165, 1.54) is 7.11 Å². The lowest BCUT2D eigenvalue weighted by atomic mass is 10.2. The molecule has 7 heteroatoms. The highest BCUT2D eigenvalue weighted by Gasteiger charge is 2.19. The van der Waals surface area contributed by atoms with Gasteiger partial charge in [-0.05, 0) is 25.1 Å². The smallest absolute Gasteiger partial charge is 0.188 e. The number of anilines is 2. The van der Waals surface area contributed by atoms with Crippen LogP contribution in [0, 0.1) is 6.92 Å². The van der Waals surface area contributed by atoms with E-state index in [0.717, 1.165) is 10.9 Å². The molecule has 3 N–H and O–H groups in total. The summed E-state index contributed by atoms with van der Waals surface area (Å²) in [6.07, 6.45) is 3.28. The molecule has 0 amide bonds. The van der Waals surface area contributed by atoms with Crippen molar-refractivity contribution in [3.8, 4) is 0 Å². The Kier molecular flexibility index (Phi) is 3.93. The van der Waals surface area contributed by atoms with Crippen molar-refractivity contribution in [3.05, 3.63) is 48.3 Å². The second kappa shape index (κ2) is 5.88. The number of rotatable bonds is 4. The molecule has 3 aromatic rings. The lowest BCUT2D eigenvalue weighted by molar-refractivity contribution is 0.271. The zero-order valence-electron chi connectivity index (χ0n) is 12.2. The number of pyridine rings is 1. The summed E-state index contributed by atoms with van der Waals surface area (Å²) < 4.78 is 14.3. The van der Waals surface area contributed by atoms with Crippen molar-refractivity contribution in [3.63, 3.8) is 0 Å². The van der Waals surface area contributed by atoms with Crippen LogP contribution < -0.4 is 11.2 Å². The van der Waals surface area contributed by atoms with Crippen LogP contribution in [0.4, 0.5) is 11.4 Å². The lowest BCUT2D eigenvalue weighted by Crippen LogP contribution is -2.12. The van der Waals surface area contributed by atoms with E-state index >= 15 is 0 Å². The Labute approximate surface area is 131 Å². The van der Waals surface area contributed by atoms with E-state index in [1.54, 1.807) is 22.4 Å². The van der Waals surface area contributed by atoms with Crippen LogP contribution in [-0.2, 0) is 16.2 Å². The third-order valence-electron chi connectivity index (χ3n) is 3.34. The maximum Gasteiger partial charge on any atom is 0.188 e. The van der Waals surface area contributed by atoms with Crippen molar-refractivity contribution < 1.29 is 9.39 Å². The van der Waals surface area contributed by atoms with Gasteiger partial charge in [-0.15, -0.1) is 3.97 Å². The summed E-state index contributed by atoms with van der Waals surface area (Å²) in [6, 6.07) is 9.36. The minimum absolute atomic E-state index is 0.506. The fraction of sp³-hybridized carbons (Fsp3) is 0.133. The molecule has 2 aromatic heterocycles. The van der Waals surface area contributed by atoms with E-state index in [9.17, 15) is 4.55 Å². The highest BCUT2D eigenvalue weighted by Crippen LogP contribution is 2.29. The Bertz CT molecular complexity index is 801. The van der Waals surface area contributed by atoms with Crippen molar-refractivity contribution in [1.29, 1.82) is 0 Å². The van der Waals surface area contributed by atoms with Gasteiger partial charge in [0.25, 0.3) is 0 Å². The molecule has 0 saturated carbocycles. The first-order chi connectivity index (χ1) is 10.6. The van der Waals surface area contributed by atoms with Crippen LogP contribution in [0.5, 0.6) is 0 Å². The first kappa shape index (κ1) is 14.7. The van der Waals surface area contributed by atoms with Gasteiger partial charge in [0.05, 0.1) is 25.2 Å². The van der Waals surface area contributed by atoms with Crippen molar-refractivity contribution in [2.45, 2.75) is 11.8 Å². The molecule has 0 saturated heterocycles. The van der Waals surface area contributed by atoms with E-state index < -0.39 is 11.4 Å². The molecule has 0 spiro atoms. The van der Waals surface area contributed by atoms with Gasteiger partial charge in [0, 0.05) is 5.39 Å². The number of benzene rings is 1. The number of nitrogen functional groups attached to an aromatic ring is 1. The zero-order valence-corrected chi connectivity index (χ0v) is 13.1. The molecular weight excluding hydrogens is 300 g/mol. The largest absolute Gasteiger partial charge is 0.587 e. The van der Waals surface area contributed by atoms with Crippen molar-refractivity contribution in [2.24, 2.45) is 0 Å². The molecule has 0 fully saturated rings. The van der Waals surface area contributed by atoms with E-state index in [0.29, 0.717) is 21.9 Å². The summed E-state index contributed by atoms with van der Waals surface area (Å²) in [5, 5.41) is 0.725. The number of nitrogens with two attached hydrogens (primary N) is 1. The molecule has 1 aromatic carbocycles. The van der Waals surface area contributed by atoms with Crippen LogP contribution in [0.3, 0.4) is 0 Å². The standard InChI is InChI=1S/C15H16N4O2S/c1-10-3-5-11(6-4-10)22(20)19-8-7-12-14(16)13(18-21-2)9-17-15(12)19/h3-9,18H,1-2H3,(H2,16,17). The summed E-state index contributed by atoms with van der Waals surface area (Å²) in [7, 11) is 1.50. The van der Waals surface area contributed by atoms with Gasteiger partial charge in [-0.2, -0.15) is 0 Å². The van der Waals surface area contributed by atoms with Crippen LogP contribution in [0.25, 0.3) is 11.0 Å². The van der Waals surface area contributed by atoms with E-state index in [4.69, 9.17) is 10.6 Å². The Morgan fingerprint density at radius 2 is 2.00 bits per heavy atom. The average molecular weight is 316 g/mol. The van der Waals surface area contributed by atoms with Crippen molar-refractivity contribution in [1.82, 2.24) is 8.96 Å². The van der Waals surface area contributed by atoms with Crippen molar-refractivity contribution >= 4 is 33.8 Å². The molecule has 0 aliphatic carbocycles. The van der Waals surface area contributed by atoms with Crippen LogP contribution in [-0.4, -0.2) is 20.6 Å². The SMILES string of the molecule is CONc1cnc2c(ccn2[S+]([O-])c2ccc(C)cc2)c1N. The molecule has 114 valence electrons. The molecule has 0 radical (unpaired) electrons. The number of hydrogen-bond donors (Lipinski definition) is 2. The third kappa shape index (κ3) is 2.50. The summed E-state index contributed by atoms with van der Waals surface area (Å²) in [5.74, 6) is 0. The molecule has 22 heavy (non-hydrogen) atoms. The summed E-state index contributed by atoms with van der Waals surface area (Å²) >= 11 is -1.37. The molecular formula is C15H16N4O2S. The van der Waals surface area contributed by atoms with Gasteiger partial charge in [-0.25, -0.2) is 4.98 Å². The number of hydrogen-bond acceptors (Lipinski definition) is 5. The quantitative estimate of drug-likeness (QED) is 0.570. The topological polar surface area (TPSA) is 88.2 Å². The highest BCUT2D eigenvalue weighted by molar-refractivity contribution is 7.90. The van der Waals surface area contributed by atoms with Gasteiger partial charge < -0.3 is 10.3 Å². The zero-order chi connectivity index (χ0) is 15.7. The molecule has 0 bridgehead atoms. The normalized spacial score (nSPS) is 12.5. The summed E-state index contributed by atoms with van der Waals surface area (Å²) in [5.41, 5.74) is 11.5. The van der Waals surface area contributed by atoms with E-state index in [-0.39, 0.29) is 0 Å². The van der Waals surface area contributed by atoms with Gasteiger partial charge >= 0.3 is 0 Å². The highest BCUT2D eigenvalue weighted by atomic mass is 32.2. The molecule has 0 aliphatic heterocycles. The molecule has 3 rings (SSSR count). The Morgan fingerprint density at radius 3 is 2.68 bits per heavy atom. The van der Waals surface area contributed by atoms with Gasteiger partial charge in [0.2, 0.25) is 0 Å². The third-order valence-corrected chi connectivity index (χ3v) is 4.66. The van der Waals surface area contributed by atoms with Crippen LogP contribution in [0.15, 0.2) is 47.6 Å². The predicted octanol–water partition coefficient (Wildman–Crippen LogP) is 2.47.